The van der Waals surface area contributed by atoms with E-state index in [1.165, 1.54) is 30.3 Å². The van der Waals surface area contributed by atoms with Crippen molar-refractivity contribution < 1.29 is 39.3 Å². The van der Waals surface area contributed by atoms with Gasteiger partial charge in [0.1, 0.15) is 0 Å². The van der Waals surface area contributed by atoms with Crippen LogP contribution in [-0.2, 0) is 9.59 Å². The molecule has 1 fully saturated rings. The number of nitrogens with zero attached hydrogens (tertiary/aromatic N) is 1. The van der Waals surface area contributed by atoms with Crippen LogP contribution in [0, 0.1) is 23.6 Å². The van der Waals surface area contributed by atoms with Gasteiger partial charge in [0.25, 0.3) is 0 Å². The molecule has 10 heteroatoms. The van der Waals surface area contributed by atoms with Crippen molar-refractivity contribution in [3.63, 3.8) is 0 Å². The number of carbonyl (C=O) groups is 2. The van der Waals surface area contributed by atoms with Gasteiger partial charge in [0.05, 0.1) is 30.2 Å². The maximum Gasteiger partial charge on any atom is 0.488 e. The van der Waals surface area contributed by atoms with Crippen molar-refractivity contribution in [2.24, 2.45) is 17.8 Å². The third kappa shape index (κ3) is 6.31. The maximum atomic E-state index is 13.8. The first-order chi connectivity index (χ1) is 19.6. The minimum Gasteiger partial charge on any atom is -0.505 e. The van der Waals surface area contributed by atoms with Crippen LogP contribution in [0.3, 0.4) is 0 Å². The van der Waals surface area contributed by atoms with Crippen LogP contribution in [0.5, 0.6) is 5.75 Å². The lowest BCUT2D eigenvalue weighted by Crippen LogP contribution is -2.39. The lowest BCUT2D eigenvalue weighted by atomic mass is 9.67. The van der Waals surface area contributed by atoms with Gasteiger partial charge in [0.15, 0.2) is 11.6 Å². The van der Waals surface area contributed by atoms with E-state index < -0.39 is 61.0 Å². The highest BCUT2D eigenvalue weighted by molar-refractivity contribution is 6.58. The second kappa shape index (κ2) is 13.1. The number of phenols is 1. The molecule has 2 aromatic rings. The number of aromatic hydroxyl groups is 1. The molecule has 0 bridgehead atoms. The summed E-state index contributed by atoms with van der Waals surface area (Å²) in [4.78, 5) is 28.3. The molecule has 0 radical (unpaired) electrons. The van der Waals surface area contributed by atoms with E-state index in [9.17, 15) is 39.3 Å². The monoisotopic (exact) mass is 565 g/mol. The summed E-state index contributed by atoms with van der Waals surface area (Å²) in [6, 6.07) is 10.1. The number of fused-ring (bicyclic) bond motifs is 1. The Balaban J connectivity index is 1.60. The van der Waals surface area contributed by atoms with E-state index in [1.54, 1.807) is 12.1 Å². The van der Waals surface area contributed by atoms with Gasteiger partial charge in [-0.1, -0.05) is 55.7 Å². The first-order valence-electron chi connectivity index (χ1n) is 14.1. The first kappa shape index (κ1) is 30.6. The van der Waals surface area contributed by atoms with Gasteiger partial charge in [-0.3, -0.25) is 14.5 Å². The van der Waals surface area contributed by atoms with Crippen molar-refractivity contribution in [1.29, 1.82) is 0 Å². The number of benzene rings is 2. The van der Waals surface area contributed by atoms with E-state index in [0.29, 0.717) is 43.2 Å². The van der Waals surface area contributed by atoms with E-state index in [0.717, 1.165) is 22.5 Å². The zero-order valence-corrected chi connectivity index (χ0v) is 23.3. The molecular formula is C31H37BFNO7. The molecule has 1 saturated heterocycles. The number of anilines is 1. The normalized spacial score (nSPS) is 21.9. The van der Waals surface area contributed by atoms with Gasteiger partial charge in [-0.2, -0.15) is 0 Å². The van der Waals surface area contributed by atoms with Crippen LogP contribution in [0.1, 0.15) is 57.9 Å². The van der Waals surface area contributed by atoms with Crippen LogP contribution in [0.25, 0.3) is 6.08 Å². The molecular weight excluding hydrogens is 528 g/mol. The standard InChI is InChI=1S/C31H37BFNO7/c1-3-6-20-15-23-29(31(39)34(30(23)38)22-8-5-7-21(16-22)32(40)41)24(17-35)28(20)27(37)12-9-18(4-2)13-19-10-11-26(36)25(33)14-19/h5,7-8,10-11,13-14,16,23-24,27,29,35-37,40-41H,3-4,6,9,12,15,17H2,1-2H3/b18-13+/t23-,24+,27-,29-/m1/s1. The zero-order valence-electron chi connectivity index (χ0n) is 23.3. The maximum absolute atomic E-state index is 13.8. The Labute approximate surface area is 239 Å². The second-order valence-corrected chi connectivity index (χ2v) is 10.8. The molecule has 4 atom stereocenters. The molecule has 2 aliphatic rings. The highest BCUT2D eigenvalue weighted by Crippen LogP contribution is 2.48. The van der Waals surface area contributed by atoms with Gasteiger partial charge in [0, 0.05) is 5.92 Å². The summed E-state index contributed by atoms with van der Waals surface area (Å²) in [5, 5.41) is 50.6. The number of imide groups is 1. The Morgan fingerprint density at radius 2 is 1.90 bits per heavy atom. The van der Waals surface area contributed by atoms with Crippen molar-refractivity contribution >= 4 is 36.2 Å². The Morgan fingerprint density at radius 3 is 2.54 bits per heavy atom. The molecule has 1 heterocycles. The number of halogens is 1. The molecule has 0 saturated carbocycles. The zero-order chi connectivity index (χ0) is 29.8. The van der Waals surface area contributed by atoms with Gasteiger partial charge >= 0.3 is 7.12 Å². The highest BCUT2D eigenvalue weighted by atomic mass is 19.1. The minimum absolute atomic E-state index is 0.146. The van der Waals surface area contributed by atoms with Crippen molar-refractivity contribution in [2.75, 3.05) is 11.5 Å². The van der Waals surface area contributed by atoms with E-state index >= 15 is 0 Å². The molecule has 0 aromatic heterocycles. The number of phenolic OH excluding ortho intramolecular Hbond substituents is 1. The Hall–Kier alpha value is -3.31. The van der Waals surface area contributed by atoms with E-state index in [1.807, 2.05) is 19.9 Å². The number of aliphatic hydroxyl groups excluding tert-OH is 2. The van der Waals surface area contributed by atoms with Crippen LogP contribution < -0.4 is 10.4 Å². The highest BCUT2D eigenvalue weighted by Gasteiger charge is 2.55. The van der Waals surface area contributed by atoms with Crippen LogP contribution in [-0.4, -0.2) is 57.0 Å². The molecule has 2 aromatic carbocycles. The molecule has 8 nitrogen and oxygen atoms in total. The molecule has 218 valence electrons. The topological polar surface area (TPSA) is 139 Å². The van der Waals surface area contributed by atoms with Crippen LogP contribution >= 0.6 is 0 Å². The van der Waals surface area contributed by atoms with Gasteiger partial charge in [-0.15, -0.1) is 0 Å². The summed E-state index contributed by atoms with van der Waals surface area (Å²) < 4.78 is 13.8. The lowest BCUT2D eigenvalue weighted by molar-refractivity contribution is -0.123. The number of rotatable bonds is 11. The smallest absolute Gasteiger partial charge is 0.488 e. The van der Waals surface area contributed by atoms with E-state index in [4.69, 9.17) is 0 Å². The van der Waals surface area contributed by atoms with Crippen LogP contribution in [0.2, 0.25) is 0 Å². The Bertz CT molecular complexity index is 1360. The molecule has 1 aliphatic carbocycles. The number of aliphatic hydroxyl groups is 2. The molecule has 0 unspecified atom stereocenters. The Morgan fingerprint density at radius 1 is 1.15 bits per heavy atom. The predicted octanol–water partition coefficient (Wildman–Crippen LogP) is 3.06. The number of allylic oxidation sites excluding steroid dienone is 2. The predicted molar refractivity (Wildman–Crippen MR) is 154 cm³/mol. The fraction of sp³-hybridized carbons (Fsp3) is 0.419. The molecule has 2 amide bonds. The second-order valence-electron chi connectivity index (χ2n) is 10.8. The van der Waals surface area contributed by atoms with Crippen LogP contribution in [0.15, 0.2) is 59.2 Å². The summed E-state index contributed by atoms with van der Waals surface area (Å²) in [5.41, 5.74) is 3.44. The van der Waals surface area contributed by atoms with Gasteiger partial charge in [-0.05, 0) is 73.0 Å². The molecule has 1 aliphatic heterocycles. The SMILES string of the molecule is CCCC1=C([C@H](O)CC/C(=C/c2ccc(O)c(F)c2)CC)[C@H](CO)[C@@H]2C(=O)N(c3cccc(B(O)O)c3)C(=O)[C@@H]2C1. The van der Waals surface area contributed by atoms with E-state index in [-0.39, 0.29) is 11.2 Å². The fourth-order valence-corrected chi connectivity index (χ4v) is 6.25. The first-order valence-corrected chi connectivity index (χ1v) is 14.1. The van der Waals surface area contributed by atoms with Crippen molar-refractivity contribution in [2.45, 2.75) is 58.5 Å². The van der Waals surface area contributed by atoms with Crippen molar-refractivity contribution in [3.8, 4) is 5.75 Å². The molecule has 41 heavy (non-hydrogen) atoms. The summed E-state index contributed by atoms with van der Waals surface area (Å²) >= 11 is 0. The fourth-order valence-electron chi connectivity index (χ4n) is 6.25. The largest absolute Gasteiger partial charge is 0.505 e. The molecule has 0 spiro atoms. The van der Waals surface area contributed by atoms with Crippen LogP contribution in [0.4, 0.5) is 10.1 Å². The average molecular weight is 565 g/mol. The number of hydrogen-bond donors (Lipinski definition) is 5. The van der Waals surface area contributed by atoms with Crippen molar-refractivity contribution in [3.05, 3.63) is 70.6 Å². The number of amides is 2. The van der Waals surface area contributed by atoms with Crippen molar-refractivity contribution in [1.82, 2.24) is 0 Å². The summed E-state index contributed by atoms with van der Waals surface area (Å²) in [6.45, 7) is 3.54. The third-order valence-corrected chi connectivity index (χ3v) is 8.25. The third-order valence-electron chi connectivity index (χ3n) is 8.25. The molecule has 5 N–H and O–H groups in total. The van der Waals surface area contributed by atoms with Gasteiger partial charge < -0.3 is 25.4 Å². The van der Waals surface area contributed by atoms with E-state index in [2.05, 4.69) is 0 Å². The van der Waals surface area contributed by atoms with Gasteiger partial charge in [-0.25, -0.2) is 4.39 Å². The summed E-state index contributed by atoms with van der Waals surface area (Å²) in [5.74, 6) is -4.28. The quantitative estimate of drug-likeness (QED) is 0.160. The molecule has 4 rings (SSSR count). The minimum atomic E-state index is -1.76. The Kier molecular flexibility index (Phi) is 9.81. The number of carbonyl (C=O) groups excluding carboxylic acids is 2. The number of hydrogen-bond acceptors (Lipinski definition) is 7. The summed E-state index contributed by atoms with van der Waals surface area (Å²) in [7, 11) is -1.76. The lowest BCUT2D eigenvalue weighted by Gasteiger charge is -2.36. The van der Waals surface area contributed by atoms with Gasteiger partial charge in [0.2, 0.25) is 11.8 Å². The average Bonchev–Trinajstić information content (AvgIpc) is 3.21. The summed E-state index contributed by atoms with van der Waals surface area (Å²) in [6.07, 6.45) is 4.02.